The molecule has 1 heterocycles. The minimum Gasteiger partial charge on any atom is -0.487 e. The van der Waals surface area contributed by atoms with E-state index in [1.54, 1.807) is 0 Å². The third-order valence-corrected chi connectivity index (χ3v) is 4.28. The summed E-state index contributed by atoms with van der Waals surface area (Å²) >= 11 is 0. The summed E-state index contributed by atoms with van der Waals surface area (Å²) in [6.07, 6.45) is 11.2. The van der Waals surface area contributed by atoms with Crippen LogP contribution in [-0.4, -0.2) is 4.98 Å². The number of nitrogens with zero attached hydrogens (tertiary/aromatic N) is 1. The molecule has 0 atom stereocenters. The third kappa shape index (κ3) is 4.69. The van der Waals surface area contributed by atoms with Crippen LogP contribution in [0.15, 0.2) is 66.9 Å². The van der Waals surface area contributed by atoms with Gasteiger partial charge < -0.3 is 4.74 Å². The molecule has 0 spiro atoms. The van der Waals surface area contributed by atoms with Crippen LogP contribution in [0.5, 0.6) is 5.75 Å². The molecule has 0 aliphatic heterocycles. The highest BCUT2D eigenvalue weighted by atomic mass is 16.5. The Kier molecular flexibility index (Phi) is 6.22. The summed E-state index contributed by atoms with van der Waals surface area (Å²) in [5.74, 6) is 0.836. The molecule has 2 nitrogen and oxygen atoms in total. The van der Waals surface area contributed by atoms with Crippen LogP contribution < -0.4 is 4.74 Å². The lowest BCUT2D eigenvalue weighted by Crippen LogP contribution is -1.97. The van der Waals surface area contributed by atoms with Gasteiger partial charge in [0, 0.05) is 11.6 Å². The van der Waals surface area contributed by atoms with Gasteiger partial charge in [0.2, 0.25) is 0 Å². The molecule has 0 saturated heterocycles. The molecule has 3 rings (SSSR count). The maximum Gasteiger partial charge on any atom is 0.146 e. The first kappa shape index (κ1) is 17.2. The monoisotopic (exact) mass is 331 g/mol. The van der Waals surface area contributed by atoms with Crippen LogP contribution in [0.3, 0.4) is 0 Å². The van der Waals surface area contributed by atoms with Gasteiger partial charge in [-0.25, -0.2) is 0 Å². The van der Waals surface area contributed by atoms with E-state index < -0.39 is 0 Å². The lowest BCUT2D eigenvalue weighted by Gasteiger charge is -2.10. The molecular formula is C23H25NO. The quantitative estimate of drug-likeness (QED) is 0.445. The Hall–Kier alpha value is -2.61. The van der Waals surface area contributed by atoms with Gasteiger partial charge in [-0.15, -0.1) is 0 Å². The van der Waals surface area contributed by atoms with Crippen molar-refractivity contribution in [2.75, 3.05) is 0 Å². The topological polar surface area (TPSA) is 22.1 Å². The summed E-state index contributed by atoms with van der Waals surface area (Å²) in [6.45, 7) is 2.79. The van der Waals surface area contributed by atoms with Crippen LogP contribution in [0.2, 0.25) is 0 Å². The Morgan fingerprint density at radius 3 is 2.68 bits per heavy atom. The van der Waals surface area contributed by atoms with E-state index in [4.69, 9.17) is 4.74 Å². The van der Waals surface area contributed by atoms with Crippen molar-refractivity contribution in [2.45, 2.75) is 39.2 Å². The van der Waals surface area contributed by atoms with Crippen molar-refractivity contribution in [2.24, 2.45) is 0 Å². The first-order valence-corrected chi connectivity index (χ1v) is 9.09. The Morgan fingerprint density at radius 2 is 1.84 bits per heavy atom. The summed E-state index contributed by atoms with van der Waals surface area (Å²) in [5, 5.41) is 1.14. The zero-order valence-corrected chi connectivity index (χ0v) is 14.8. The Balaban J connectivity index is 1.78. The number of fused-ring (bicyclic) bond motifs is 1. The molecule has 0 N–H and O–H groups in total. The zero-order chi connectivity index (χ0) is 17.3. The number of ether oxygens (including phenoxy) is 1. The Bertz CT molecular complexity index is 824. The first-order chi connectivity index (χ1) is 12.4. The molecule has 0 aliphatic rings. The Labute approximate surface area is 150 Å². The molecule has 2 heteroatoms. The van der Waals surface area contributed by atoms with Crippen LogP contribution in [0, 0.1) is 0 Å². The summed E-state index contributed by atoms with van der Waals surface area (Å²) < 4.78 is 6.03. The Morgan fingerprint density at radius 1 is 0.960 bits per heavy atom. The molecular weight excluding hydrogens is 306 g/mol. The fraction of sp³-hybridized carbons (Fsp3) is 0.261. The minimum atomic E-state index is 0.554. The van der Waals surface area contributed by atoms with Crippen molar-refractivity contribution in [3.8, 4) is 5.75 Å². The highest BCUT2D eigenvalue weighted by molar-refractivity contribution is 5.91. The van der Waals surface area contributed by atoms with Gasteiger partial charge in [0.1, 0.15) is 17.9 Å². The average Bonchev–Trinajstić information content (AvgIpc) is 2.67. The molecule has 0 fully saturated rings. The van der Waals surface area contributed by atoms with Gasteiger partial charge in [0.25, 0.3) is 0 Å². The second kappa shape index (κ2) is 9.03. The van der Waals surface area contributed by atoms with E-state index in [-0.39, 0.29) is 0 Å². The van der Waals surface area contributed by atoms with Crippen molar-refractivity contribution in [1.82, 2.24) is 4.98 Å². The molecule has 0 radical (unpaired) electrons. The van der Waals surface area contributed by atoms with Crippen LogP contribution in [0.1, 0.15) is 43.7 Å². The molecule has 2 aromatic carbocycles. The second-order valence-electron chi connectivity index (χ2n) is 6.22. The van der Waals surface area contributed by atoms with E-state index in [0.29, 0.717) is 6.61 Å². The van der Waals surface area contributed by atoms with Gasteiger partial charge >= 0.3 is 0 Å². The molecule has 0 aliphatic carbocycles. The van der Waals surface area contributed by atoms with E-state index in [0.717, 1.165) is 28.6 Å². The molecule has 0 bridgehead atoms. The van der Waals surface area contributed by atoms with E-state index in [9.17, 15) is 0 Å². The van der Waals surface area contributed by atoms with Gasteiger partial charge in [-0.3, -0.25) is 4.98 Å². The zero-order valence-electron chi connectivity index (χ0n) is 14.8. The van der Waals surface area contributed by atoms with Gasteiger partial charge in [-0.2, -0.15) is 0 Å². The largest absolute Gasteiger partial charge is 0.487 e. The van der Waals surface area contributed by atoms with E-state index in [2.05, 4.69) is 48.3 Å². The van der Waals surface area contributed by atoms with Gasteiger partial charge in [-0.05, 0) is 36.1 Å². The SMILES string of the molecule is CCCCC/C=C/c1ccc(OCc2ccccc2)c2ncccc12. The van der Waals surface area contributed by atoms with Crippen LogP contribution in [0.4, 0.5) is 0 Å². The molecule has 0 amide bonds. The normalized spacial score (nSPS) is 11.2. The number of hydrogen-bond acceptors (Lipinski definition) is 2. The smallest absolute Gasteiger partial charge is 0.146 e. The molecule has 25 heavy (non-hydrogen) atoms. The standard InChI is InChI=1S/C23H25NO/c1-2-3-4-5-9-13-20-15-16-22(23-21(20)14-10-17-24-23)25-18-19-11-7-6-8-12-19/h6-17H,2-5,18H2,1H3/b13-9+. The highest BCUT2D eigenvalue weighted by Crippen LogP contribution is 2.28. The minimum absolute atomic E-state index is 0.554. The van der Waals surface area contributed by atoms with Crippen LogP contribution in [-0.2, 0) is 6.61 Å². The van der Waals surface area contributed by atoms with Gasteiger partial charge in [0.15, 0.2) is 0 Å². The van der Waals surface area contributed by atoms with Crippen molar-refractivity contribution >= 4 is 17.0 Å². The number of benzene rings is 2. The molecule has 128 valence electrons. The molecule has 1 aromatic heterocycles. The molecule has 0 unspecified atom stereocenters. The summed E-state index contributed by atoms with van der Waals surface area (Å²) in [6, 6.07) is 18.5. The summed E-state index contributed by atoms with van der Waals surface area (Å²) in [7, 11) is 0. The maximum atomic E-state index is 6.03. The predicted octanol–water partition coefficient (Wildman–Crippen LogP) is 6.41. The van der Waals surface area contributed by atoms with Gasteiger partial charge in [-0.1, -0.05) is 74.4 Å². The number of aromatic nitrogens is 1. The maximum absolute atomic E-state index is 6.03. The van der Waals surface area contributed by atoms with Crippen molar-refractivity contribution < 1.29 is 4.74 Å². The molecule has 0 saturated carbocycles. The van der Waals surface area contributed by atoms with E-state index in [1.165, 1.54) is 24.8 Å². The van der Waals surface area contributed by atoms with E-state index in [1.807, 2.05) is 36.5 Å². The lowest BCUT2D eigenvalue weighted by atomic mass is 10.1. The first-order valence-electron chi connectivity index (χ1n) is 9.09. The third-order valence-electron chi connectivity index (χ3n) is 4.28. The number of unbranched alkanes of at least 4 members (excludes halogenated alkanes) is 3. The highest BCUT2D eigenvalue weighted by Gasteiger charge is 2.06. The number of pyridine rings is 1. The van der Waals surface area contributed by atoms with Crippen molar-refractivity contribution in [3.05, 3.63) is 78.0 Å². The number of rotatable bonds is 8. The summed E-state index contributed by atoms with van der Waals surface area (Å²) in [4.78, 5) is 4.55. The molecule has 3 aromatic rings. The summed E-state index contributed by atoms with van der Waals surface area (Å²) in [5.41, 5.74) is 3.28. The van der Waals surface area contributed by atoms with Crippen molar-refractivity contribution in [3.63, 3.8) is 0 Å². The number of allylic oxidation sites excluding steroid dienone is 1. The van der Waals surface area contributed by atoms with Crippen LogP contribution >= 0.6 is 0 Å². The predicted molar refractivity (Wildman–Crippen MR) is 106 cm³/mol. The fourth-order valence-electron chi connectivity index (χ4n) is 2.89. The van der Waals surface area contributed by atoms with Gasteiger partial charge in [0.05, 0.1) is 0 Å². The second-order valence-corrected chi connectivity index (χ2v) is 6.22. The lowest BCUT2D eigenvalue weighted by molar-refractivity contribution is 0.309. The van der Waals surface area contributed by atoms with Crippen LogP contribution in [0.25, 0.3) is 17.0 Å². The van der Waals surface area contributed by atoms with Crippen molar-refractivity contribution in [1.29, 1.82) is 0 Å². The van der Waals surface area contributed by atoms with E-state index >= 15 is 0 Å². The average molecular weight is 331 g/mol. The number of hydrogen-bond donors (Lipinski definition) is 0. The fourth-order valence-corrected chi connectivity index (χ4v) is 2.89.